The molecule has 1 atom stereocenters. The molecule has 24 heavy (non-hydrogen) atoms. The smallest absolute Gasteiger partial charge is 0.319 e. The van der Waals surface area contributed by atoms with Gasteiger partial charge in [0, 0.05) is 5.69 Å². The summed E-state index contributed by atoms with van der Waals surface area (Å²) in [4.78, 5) is 12.1. The van der Waals surface area contributed by atoms with Crippen molar-refractivity contribution in [1.82, 2.24) is 5.32 Å². The third kappa shape index (κ3) is 3.83. The molecule has 3 N–H and O–H groups in total. The molecule has 1 fully saturated rings. The predicted molar refractivity (Wildman–Crippen MR) is 96.5 cm³/mol. The summed E-state index contributed by atoms with van der Waals surface area (Å²) in [5.74, 6) is 0.171. The number of urea groups is 1. The number of carbonyl (C=O) groups is 1. The highest BCUT2D eigenvalue weighted by atomic mass is 35.5. The van der Waals surface area contributed by atoms with Crippen molar-refractivity contribution in [2.24, 2.45) is 5.92 Å². The van der Waals surface area contributed by atoms with Crippen LogP contribution >= 0.6 is 23.2 Å². The average molecular weight is 365 g/mol. The number of hydrogen-bond acceptors (Lipinski definition) is 2. The fourth-order valence-electron chi connectivity index (χ4n) is 2.73. The number of aliphatic hydroxyl groups is 1. The Morgan fingerprint density at radius 1 is 1.12 bits per heavy atom. The first kappa shape index (κ1) is 17.1. The minimum atomic E-state index is -1.05. The summed E-state index contributed by atoms with van der Waals surface area (Å²) in [6.45, 7) is 0.148. The van der Waals surface area contributed by atoms with E-state index in [4.69, 9.17) is 23.2 Å². The third-order valence-corrected chi connectivity index (χ3v) is 4.96. The van der Waals surface area contributed by atoms with Crippen molar-refractivity contribution in [3.05, 3.63) is 64.1 Å². The summed E-state index contributed by atoms with van der Waals surface area (Å²) in [6, 6.07) is 13.9. The number of rotatable bonds is 5. The van der Waals surface area contributed by atoms with Crippen LogP contribution in [-0.4, -0.2) is 17.7 Å². The van der Waals surface area contributed by atoms with Crippen LogP contribution in [0.25, 0.3) is 0 Å². The minimum absolute atomic E-state index is 0.148. The summed E-state index contributed by atoms with van der Waals surface area (Å²) in [6.07, 6.45) is 1.92. The van der Waals surface area contributed by atoms with E-state index in [2.05, 4.69) is 10.6 Å². The zero-order valence-corrected chi connectivity index (χ0v) is 14.4. The molecule has 4 nitrogen and oxygen atoms in total. The number of carbonyl (C=O) groups excluding carboxylic acids is 1. The number of amides is 2. The van der Waals surface area contributed by atoms with Crippen LogP contribution in [-0.2, 0) is 5.60 Å². The van der Waals surface area contributed by atoms with E-state index in [1.54, 1.807) is 18.2 Å². The van der Waals surface area contributed by atoms with Crippen molar-refractivity contribution in [3.8, 4) is 0 Å². The Balaban J connectivity index is 1.64. The molecule has 0 bridgehead atoms. The summed E-state index contributed by atoms with van der Waals surface area (Å²) in [5, 5.41) is 17.3. The van der Waals surface area contributed by atoms with Gasteiger partial charge >= 0.3 is 6.03 Å². The molecule has 2 amide bonds. The molecule has 0 heterocycles. The van der Waals surface area contributed by atoms with Crippen LogP contribution in [0, 0.1) is 5.92 Å². The second-order valence-corrected chi connectivity index (χ2v) is 6.82. The van der Waals surface area contributed by atoms with Gasteiger partial charge < -0.3 is 15.7 Å². The number of halogens is 2. The highest BCUT2D eigenvalue weighted by molar-refractivity contribution is 6.42. The quantitative estimate of drug-likeness (QED) is 0.735. The second-order valence-electron chi connectivity index (χ2n) is 6.00. The van der Waals surface area contributed by atoms with Crippen LogP contribution in [0.5, 0.6) is 0 Å². The lowest BCUT2D eigenvalue weighted by Crippen LogP contribution is -2.43. The SMILES string of the molecule is O=C(NCC(O)(c1ccccc1)C1CC1)Nc1ccc(Cl)c(Cl)c1. The Morgan fingerprint density at radius 2 is 1.83 bits per heavy atom. The van der Waals surface area contributed by atoms with Gasteiger partial charge in [-0.3, -0.25) is 0 Å². The molecule has 2 aromatic rings. The number of benzene rings is 2. The monoisotopic (exact) mass is 364 g/mol. The maximum atomic E-state index is 12.1. The van der Waals surface area contributed by atoms with E-state index < -0.39 is 11.6 Å². The van der Waals surface area contributed by atoms with Gasteiger partial charge in [0.25, 0.3) is 0 Å². The molecule has 0 aromatic heterocycles. The fraction of sp³-hybridized carbons (Fsp3) is 0.278. The number of nitrogens with one attached hydrogen (secondary N) is 2. The van der Waals surface area contributed by atoms with E-state index >= 15 is 0 Å². The Hall–Kier alpha value is -1.75. The highest BCUT2D eigenvalue weighted by Gasteiger charge is 2.45. The lowest BCUT2D eigenvalue weighted by Gasteiger charge is -2.29. The van der Waals surface area contributed by atoms with Crippen molar-refractivity contribution < 1.29 is 9.90 Å². The van der Waals surface area contributed by atoms with Gasteiger partial charge in [0.1, 0.15) is 5.60 Å². The summed E-state index contributed by atoms with van der Waals surface area (Å²) in [7, 11) is 0. The van der Waals surface area contributed by atoms with Gasteiger partial charge in [-0.05, 0) is 42.5 Å². The van der Waals surface area contributed by atoms with Gasteiger partial charge in [-0.2, -0.15) is 0 Å². The third-order valence-electron chi connectivity index (χ3n) is 4.22. The van der Waals surface area contributed by atoms with Crippen LogP contribution in [0.3, 0.4) is 0 Å². The van der Waals surface area contributed by atoms with Crippen LogP contribution in [0.4, 0.5) is 10.5 Å². The molecule has 1 saturated carbocycles. The van der Waals surface area contributed by atoms with E-state index in [1.807, 2.05) is 30.3 Å². The van der Waals surface area contributed by atoms with E-state index in [-0.39, 0.29) is 12.5 Å². The molecule has 0 aliphatic heterocycles. The predicted octanol–water partition coefficient (Wildman–Crippen LogP) is 4.41. The molecular formula is C18H18Cl2N2O2. The molecule has 0 spiro atoms. The number of hydrogen-bond donors (Lipinski definition) is 3. The Labute approximate surface area is 150 Å². The largest absolute Gasteiger partial charge is 0.383 e. The fourth-order valence-corrected chi connectivity index (χ4v) is 3.03. The van der Waals surface area contributed by atoms with Gasteiger partial charge in [-0.15, -0.1) is 0 Å². The Kier molecular flexibility index (Phi) is 4.99. The molecule has 6 heteroatoms. The zero-order chi connectivity index (χ0) is 17.2. The first-order valence-electron chi connectivity index (χ1n) is 7.77. The Morgan fingerprint density at radius 3 is 2.46 bits per heavy atom. The molecule has 1 aliphatic carbocycles. The summed E-state index contributed by atoms with van der Waals surface area (Å²) >= 11 is 11.8. The van der Waals surface area contributed by atoms with Gasteiger partial charge in [0.2, 0.25) is 0 Å². The summed E-state index contributed by atoms with van der Waals surface area (Å²) in [5.41, 5.74) is 0.315. The van der Waals surface area contributed by atoms with Crippen LogP contribution in [0.2, 0.25) is 10.0 Å². The molecule has 3 rings (SSSR count). The topological polar surface area (TPSA) is 61.4 Å². The maximum Gasteiger partial charge on any atom is 0.319 e. The lowest BCUT2D eigenvalue weighted by molar-refractivity contribution is 0.0164. The van der Waals surface area contributed by atoms with Crippen molar-refractivity contribution in [1.29, 1.82) is 0 Å². The zero-order valence-electron chi connectivity index (χ0n) is 12.9. The summed E-state index contributed by atoms with van der Waals surface area (Å²) < 4.78 is 0. The molecule has 1 unspecified atom stereocenters. The molecule has 0 saturated heterocycles. The van der Waals surface area contributed by atoms with Gasteiger partial charge in [-0.25, -0.2) is 4.79 Å². The van der Waals surface area contributed by atoms with Crippen LogP contribution in [0.15, 0.2) is 48.5 Å². The van der Waals surface area contributed by atoms with Crippen LogP contribution < -0.4 is 10.6 Å². The van der Waals surface area contributed by atoms with Gasteiger partial charge in [-0.1, -0.05) is 53.5 Å². The second kappa shape index (κ2) is 7.01. The van der Waals surface area contributed by atoms with E-state index in [0.717, 1.165) is 18.4 Å². The van der Waals surface area contributed by atoms with E-state index in [9.17, 15) is 9.90 Å². The minimum Gasteiger partial charge on any atom is -0.383 e. The average Bonchev–Trinajstić information content (AvgIpc) is 3.42. The van der Waals surface area contributed by atoms with Crippen molar-refractivity contribution in [2.75, 3.05) is 11.9 Å². The van der Waals surface area contributed by atoms with Crippen LogP contribution in [0.1, 0.15) is 18.4 Å². The molecule has 1 aliphatic rings. The first-order valence-corrected chi connectivity index (χ1v) is 8.52. The molecule has 126 valence electrons. The maximum absolute atomic E-state index is 12.1. The molecule has 0 radical (unpaired) electrons. The lowest BCUT2D eigenvalue weighted by atomic mass is 9.89. The van der Waals surface area contributed by atoms with Crippen molar-refractivity contribution in [3.63, 3.8) is 0 Å². The molecule has 2 aromatic carbocycles. The van der Waals surface area contributed by atoms with Gasteiger partial charge in [0.15, 0.2) is 0 Å². The standard InChI is InChI=1S/C18H18Cl2N2O2/c19-15-9-8-14(10-16(15)20)22-17(23)21-11-18(24,13-6-7-13)12-4-2-1-3-5-12/h1-5,8-10,13,24H,6-7,11H2,(H2,21,22,23). The molecular weight excluding hydrogens is 347 g/mol. The van der Waals surface area contributed by atoms with Crippen molar-refractivity contribution in [2.45, 2.75) is 18.4 Å². The van der Waals surface area contributed by atoms with E-state index in [0.29, 0.717) is 15.7 Å². The first-order chi connectivity index (χ1) is 11.5. The number of anilines is 1. The normalized spacial score (nSPS) is 16.3. The van der Waals surface area contributed by atoms with Gasteiger partial charge in [0.05, 0.1) is 16.6 Å². The highest BCUT2D eigenvalue weighted by Crippen LogP contribution is 2.45. The van der Waals surface area contributed by atoms with Crippen molar-refractivity contribution >= 4 is 34.9 Å². The van der Waals surface area contributed by atoms with E-state index in [1.165, 1.54) is 0 Å². The Bertz CT molecular complexity index is 735.